The van der Waals surface area contributed by atoms with E-state index in [4.69, 9.17) is 0 Å². The molecule has 5 rings (SSSR count). The van der Waals surface area contributed by atoms with E-state index < -0.39 is 17.9 Å². The smallest absolute Gasteiger partial charge is 0.323 e. The van der Waals surface area contributed by atoms with Gasteiger partial charge in [0.25, 0.3) is 5.91 Å². The average Bonchev–Trinajstić information content (AvgIpc) is 3.38. The molecular weight excluding hydrogens is 472 g/mol. The molecule has 37 heavy (non-hydrogen) atoms. The predicted octanol–water partition coefficient (Wildman–Crippen LogP) is 5.17. The van der Waals surface area contributed by atoms with Crippen molar-refractivity contribution < 1.29 is 24.3 Å². The van der Waals surface area contributed by atoms with Crippen LogP contribution in [0.1, 0.15) is 64.1 Å². The number of amides is 3. The second-order valence-electron chi connectivity index (χ2n) is 9.36. The van der Waals surface area contributed by atoms with Crippen molar-refractivity contribution in [2.24, 2.45) is 0 Å². The molecule has 2 heterocycles. The number of H-pyrrole nitrogens is 1. The summed E-state index contributed by atoms with van der Waals surface area (Å²) in [7, 11) is 0. The molecule has 3 amide bonds. The summed E-state index contributed by atoms with van der Waals surface area (Å²) in [5, 5.41) is 18.1. The second kappa shape index (κ2) is 9.42. The zero-order valence-electron chi connectivity index (χ0n) is 20.4. The minimum atomic E-state index is -1.05. The summed E-state index contributed by atoms with van der Waals surface area (Å²) >= 11 is 0. The van der Waals surface area contributed by atoms with Crippen molar-refractivity contribution >= 4 is 52.4 Å². The number of Topliss-reactive ketones (excluding diaryl/α,β-unsaturated/α-hetero) is 1. The number of anilines is 3. The SMILES string of the molecule is Cc1ccc(NC(=O)Nc2ccc3c(c2)/C(=C/c2[nH]c4c(c2C(C)C(=O)O)C(=O)CCC4)C(=O)N3)cc1. The number of carbonyl (C=O) groups excluding carboxylic acids is 3. The largest absolute Gasteiger partial charge is 0.481 e. The summed E-state index contributed by atoms with van der Waals surface area (Å²) in [5.41, 5.74) is 5.60. The lowest BCUT2D eigenvalue weighted by molar-refractivity contribution is -0.138. The number of carbonyl (C=O) groups is 4. The molecule has 0 saturated carbocycles. The van der Waals surface area contributed by atoms with Gasteiger partial charge in [-0.05, 0) is 63.1 Å². The van der Waals surface area contributed by atoms with Crippen LogP contribution in [-0.2, 0) is 16.0 Å². The maximum absolute atomic E-state index is 12.9. The van der Waals surface area contributed by atoms with Gasteiger partial charge in [-0.2, -0.15) is 0 Å². The number of carboxylic acids is 1. The number of aryl methyl sites for hydroxylation is 2. The highest BCUT2D eigenvalue weighted by Crippen LogP contribution is 2.38. The number of carboxylic acid groups (broad SMARTS) is 1. The van der Waals surface area contributed by atoms with Crippen LogP contribution in [0.3, 0.4) is 0 Å². The molecule has 0 fully saturated rings. The maximum Gasteiger partial charge on any atom is 0.323 e. The molecule has 9 heteroatoms. The first-order chi connectivity index (χ1) is 17.7. The Morgan fingerprint density at radius 1 is 1.03 bits per heavy atom. The number of aromatic nitrogens is 1. The number of hydrogen-bond acceptors (Lipinski definition) is 4. The lowest BCUT2D eigenvalue weighted by atomic mass is 9.87. The standard InChI is InChI=1S/C28H26N4O5/c1-14-6-8-16(9-7-14)29-28(37)30-17-10-11-20-18(12-17)19(26(34)32-20)13-22-24(15(2)27(35)36)25-21(31-22)4-3-5-23(25)33/h6-13,15,31H,3-5H2,1-2H3,(H,32,34)(H,35,36)(H2,29,30,37)/b19-13-. The van der Waals surface area contributed by atoms with Crippen LogP contribution in [0.5, 0.6) is 0 Å². The van der Waals surface area contributed by atoms with Crippen molar-refractivity contribution in [3.63, 3.8) is 0 Å². The lowest BCUT2D eigenvalue weighted by Crippen LogP contribution is -2.19. The van der Waals surface area contributed by atoms with E-state index in [2.05, 4.69) is 20.9 Å². The Bertz CT molecular complexity index is 1480. The van der Waals surface area contributed by atoms with Gasteiger partial charge in [0.1, 0.15) is 0 Å². The number of urea groups is 1. The van der Waals surface area contributed by atoms with Crippen LogP contribution in [0.4, 0.5) is 21.9 Å². The van der Waals surface area contributed by atoms with Gasteiger partial charge in [-0.15, -0.1) is 0 Å². The number of benzene rings is 2. The Morgan fingerprint density at radius 2 is 1.73 bits per heavy atom. The zero-order chi connectivity index (χ0) is 26.3. The average molecular weight is 499 g/mol. The highest BCUT2D eigenvalue weighted by atomic mass is 16.4. The molecule has 188 valence electrons. The quantitative estimate of drug-likeness (QED) is 0.309. The van der Waals surface area contributed by atoms with Gasteiger partial charge in [0.05, 0.1) is 11.5 Å². The summed E-state index contributed by atoms with van der Waals surface area (Å²) in [6.45, 7) is 3.49. The summed E-state index contributed by atoms with van der Waals surface area (Å²) < 4.78 is 0. The van der Waals surface area contributed by atoms with Crippen molar-refractivity contribution in [1.82, 2.24) is 4.98 Å². The Balaban J connectivity index is 1.48. The van der Waals surface area contributed by atoms with Gasteiger partial charge in [0.2, 0.25) is 0 Å². The van der Waals surface area contributed by atoms with Crippen molar-refractivity contribution in [1.29, 1.82) is 0 Å². The van der Waals surface area contributed by atoms with Crippen LogP contribution in [0.2, 0.25) is 0 Å². The van der Waals surface area contributed by atoms with E-state index in [0.717, 1.165) is 5.56 Å². The topological polar surface area (TPSA) is 140 Å². The predicted molar refractivity (Wildman–Crippen MR) is 141 cm³/mol. The number of fused-ring (bicyclic) bond motifs is 2. The molecule has 0 spiro atoms. The molecule has 0 saturated heterocycles. The number of aliphatic carboxylic acids is 1. The molecule has 1 unspecified atom stereocenters. The van der Waals surface area contributed by atoms with Crippen LogP contribution in [0, 0.1) is 6.92 Å². The van der Waals surface area contributed by atoms with Crippen LogP contribution >= 0.6 is 0 Å². The molecule has 2 aromatic carbocycles. The van der Waals surface area contributed by atoms with E-state index in [1.165, 1.54) is 6.92 Å². The number of ketones is 1. The third kappa shape index (κ3) is 4.63. The third-order valence-electron chi connectivity index (χ3n) is 6.72. The fourth-order valence-corrected chi connectivity index (χ4v) is 4.82. The van der Waals surface area contributed by atoms with Gasteiger partial charge in [-0.1, -0.05) is 17.7 Å². The second-order valence-corrected chi connectivity index (χ2v) is 9.36. The minimum Gasteiger partial charge on any atom is -0.481 e. The van der Waals surface area contributed by atoms with E-state index in [0.29, 0.717) is 70.0 Å². The molecule has 2 aliphatic rings. The van der Waals surface area contributed by atoms with Crippen LogP contribution in [-0.4, -0.2) is 33.8 Å². The monoisotopic (exact) mass is 498 g/mol. The fraction of sp³-hybridized carbons (Fsp3) is 0.214. The molecule has 9 nitrogen and oxygen atoms in total. The van der Waals surface area contributed by atoms with E-state index in [1.54, 1.807) is 36.4 Å². The van der Waals surface area contributed by atoms with Crippen molar-refractivity contribution in [2.45, 2.75) is 39.0 Å². The molecule has 0 radical (unpaired) electrons. The Labute approximate surface area is 213 Å². The van der Waals surface area contributed by atoms with Crippen molar-refractivity contribution in [3.8, 4) is 0 Å². The Morgan fingerprint density at radius 3 is 2.46 bits per heavy atom. The Hall–Kier alpha value is -4.66. The van der Waals surface area contributed by atoms with Gasteiger partial charge in [-0.25, -0.2) is 4.79 Å². The Kier molecular flexibility index (Phi) is 6.12. The zero-order valence-corrected chi connectivity index (χ0v) is 20.4. The first kappa shape index (κ1) is 24.1. The molecule has 1 aromatic heterocycles. The molecular formula is C28H26N4O5. The molecule has 1 aliphatic heterocycles. The summed E-state index contributed by atoms with van der Waals surface area (Å²) in [4.78, 5) is 53.2. The van der Waals surface area contributed by atoms with Crippen LogP contribution in [0.25, 0.3) is 11.6 Å². The number of rotatable bonds is 5. The number of aromatic amines is 1. The molecule has 1 atom stereocenters. The van der Waals surface area contributed by atoms with Crippen molar-refractivity contribution in [2.75, 3.05) is 16.0 Å². The molecule has 1 aliphatic carbocycles. The van der Waals surface area contributed by atoms with Gasteiger partial charge >= 0.3 is 12.0 Å². The van der Waals surface area contributed by atoms with Crippen LogP contribution in [0.15, 0.2) is 42.5 Å². The maximum atomic E-state index is 12.9. The van der Waals surface area contributed by atoms with Gasteiger partial charge < -0.3 is 26.0 Å². The highest BCUT2D eigenvalue weighted by molar-refractivity contribution is 6.35. The minimum absolute atomic E-state index is 0.0902. The van der Waals surface area contributed by atoms with E-state index in [9.17, 15) is 24.3 Å². The van der Waals surface area contributed by atoms with E-state index in [-0.39, 0.29) is 11.7 Å². The van der Waals surface area contributed by atoms with Crippen LogP contribution < -0.4 is 16.0 Å². The fourth-order valence-electron chi connectivity index (χ4n) is 4.82. The first-order valence-corrected chi connectivity index (χ1v) is 12.0. The van der Waals surface area contributed by atoms with E-state index in [1.807, 2.05) is 19.1 Å². The van der Waals surface area contributed by atoms with E-state index >= 15 is 0 Å². The van der Waals surface area contributed by atoms with Gasteiger partial charge in [-0.3, -0.25) is 14.4 Å². The third-order valence-corrected chi connectivity index (χ3v) is 6.72. The summed E-state index contributed by atoms with van der Waals surface area (Å²) in [5.74, 6) is -2.44. The normalized spacial score (nSPS) is 16.1. The summed E-state index contributed by atoms with van der Waals surface area (Å²) in [6, 6.07) is 12.0. The molecule has 3 aromatic rings. The van der Waals surface area contributed by atoms with Gasteiger partial charge in [0, 0.05) is 51.6 Å². The number of nitrogens with one attached hydrogen (secondary N) is 4. The lowest BCUT2D eigenvalue weighted by Gasteiger charge is -2.14. The molecule has 0 bridgehead atoms. The first-order valence-electron chi connectivity index (χ1n) is 12.0. The molecule has 5 N–H and O–H groups in total. The van der Waals surface area contributed by atoms with Crippen molar-refractivity contribution in [3.05, 3.63) is 76.1 Å². The number of hydrogen-bond donors (Lipinski definition) is 5. The summed E-state index contributed by atoms with van der Waals surface area (Å²) in [6.07, 6.45) is 3.28. The van der Waals surface area contributed by atoms with Gasteiger partial charge in [0.15, 0.2) is 5.78 Å². The highest BCUT2D eigenvalue weighted by Gasteiger charge is 2.32.